The van der Waals surface area contributed by atoms with Crippen LogP contribution >= 0.6 is 0 Å². The van der Waals surface area contributed by atoms with Gasteiger partial charge >= 0.3 is 6.09 Å². The zero-order valence-electron chi connectivity index (χ0n) is 11.6. The third kappa shape index (κ3) is 4.99. The molecule has 0 saturated heterocycles. The molecule has 0 aliphatic rings. The summed E-state index contributed by atoms with van der Waals surface area (Å²) in [5.74, 6) is 0.338. The number of amides is 1. The molecule has 3 N–H and O–H groups in total. The third-order valence-corrected chi connectivity index (χ3v) is 2.51. The van der Waals surface area contributed by atoms with Gasteiger partial charge in [0.2, 0.25) is 0 Å². The fourth-order valence-corrected chi connectivity index (χ4v) is 1.52. The lowest BCUT2D eigenvalue weighted by atomic mass is 10.1. The van der Waals surface area contributed by atoms with E-state index < -0.39 is 0 Å². The number of amidine groups is 1. The van der Waals surface area contributed by atoms with Crippen LogP contribution in [0.3, 0.4) is 0 Å². The number of nitrogen functional groups attached to an aromatic ring is 1. The van der Waals surface area contributed by atoms with Gasteiger partial charge in [0.1, 0.15) is 5.84 Å². The zero-order valence-corrected chi connectivity index (χ0v) is 11.6. The normalized spacial score (nSPS) is 10.3. The Bertz CT molecular complexity index is 458. The van der Waals surface area contributed by atoms with Crippen LogP contribution in [0.25, 0.3) is 0 Å². The summed E-state index contributed by atoms with van der Waals surface area (Å²) >= 11 is 0. The number of hydrogen-bond donors (Lipinski definition) is 2. The summed E-state index contributed by atoms with van der Waals surface area (Å²) in [6.07, 6.45) is -0.345. The van der Waals surface area contributed by atoms with Gasteiger partial charge in [-0.05, 0) is 17.5 Å². The molecule has 19 heavy (non-hydrogen) atoms. The smallest absolute Gasteiger partial charge is 0.409 e. The van der Waals surface area contributed by atoms with Crippen LogP contribution in [0.15, 0.2) is 24.3 Å². The van der Waals surface area contributed by atoms with Crippen molar-refractivity contribution in [3.8, 4) is 0 Å². The molecule has 0 bridgehead atoms. The number of nitrogens with two attached hydrogens (primary N) is 1. The fourth-order valence-electron chi connectivity index (χ4n) is 1.52. The Morgan fingerprint density at radius 1 is 1.47 bits per heavy atom. The highest BCUT2D eigenvalue weighted by atomic mass is 16.6. The first-order valence-electron chi connectivity index (χ1n) is 6.21. The molecular weight excluding hydrogens is 242 g/mol. The van der Waals surface area contributed by atoms with E-state index in [1.54, 1.807) is 19.2 Å². The molecule has 0 radical (unpaired) electrons. The molecule has 0 aliphatic carbocycles. The van der Waals surface area contributed by atoms with Crippen molar-refractivity contribution in [3.05, 3.63) is 35.4 Å². The number of hydrogen-bond acceptors (Lipinski definition) is 3. The van der Waals surface area contributed by atoms with Crippen LogP contribution in [0.2, 0.25) is 0 Å². The molecular formula is C14H21N3O2. The lowest BCUT2D eigenvalue weighted by Crippen LogP contribution is -2.28. The number of ether oxygens (including phenoxy) is 1. The minimum Gasteiger partial charge on any atom is -0.449 e. The average molecular weight is 263 g/mol. The minimum atomic E-state index is -0.345. The number of benzene rings is 1. The second-order valence-corrected chi connectivity index (χ2v) is 4.94. The molecule has 1 aromatic rings. The molecule has 0 saturated carbocycles. The third-order valence-electron chi connectivity index (χ3n) is 2.51. The lowest BCUT2D eigenvalue weighted by Gasteiger charge is -2.18. The van der Waals surface area contributed by atoms with E-state index in [0.717, 1.165) is 5.56 Å². The van der Waals surface area contributed by atoms with Crippen LogP contribution in [-0.4, -0.2) is 30.5 Å². The monoisotopic (exact) mass is 263 g/mol. The molecule has 0 aliphatic heterocycles. The maximum Gasteiger partial charge on any atom is 0.409 e. The van der Waals surface area contributed by atoms with Gasteiger partial charge in [-0.25, -0.2) is 4.79 Å². The molecule has 1 rings (SSSR count). The minimum absolute atomic E-state index is 0.0203. The number of nitrogens with one attached hydrogen (secondary N) is 1. The Hall–Kier alpha value is -2.04. The van der Waals surface area contributed by atoms with E-state index >= 15 is 0 Å². The van der Waals surface area contributed by atoms with Crippen LogP contribution in [0.1, 0.15) is 25.0 Å². The van der Waals surface area contributed by atoms with E-state index in [2.05, 4.69) is 0 Å². The van der Waals surface area contributed by atoms with E-state index in [4.69, 9.17) is 15.9 Å². The zero-order chi connectivity index (χ0) is 14.4. The summed E-state index contributed by atoms with van der Waals surface area (Å²) < 4.78 is 5.14. The first-order chi connectivity index (χ1) is 8.90. The van der Waals surface area contributed by atoms with Crippen molar-refractivity contribution >= 4 is 11.9 Å². The first kappa shape index (κ1) is 15.0. The summed E-state index contributed by atoms with van der Waals surface area (Å²) in [5.41, 5.74) is 7.00. The Morgan fingerprint density at radius 3 is 2.74 bits per heavy atom. The highest BCUT2D eigenvalue weighted by molar-refractivity contribution is 5.95. The first-order valence-corrected chi connectivity index (χ1v) is 6.21. The summed E-state index contributed by atoms with van der Waals surface area (Å²) in [4.78, 5) is 13.2. The Morgan fingerprint density at radius 2 is 2.16 bits per heavy atom. The van der Waals surface area contributed by atoms with Gasteiger partial charge in [-0.2, -0.15) is 0 Å². The molecule has 104 valence electrons. The molecule has 1 aromatic carbocycles. The quantitative estimate of drug-likeness (QED) is 0.631. The van der Waals surface area contributed by atoms with E-state index in [0.29, 0.717) is 24.6 Å². The van der Waals surface area contributed by atoms with Crippen molar-refractivity contribution < 1.29 is 9.53 Å². The van der Waals surface area contributed by atoms with Gasteiger partial charge in [0, 0.05) is 19.2 Å². The second kappa shape index (κ2) is 6.78. The molecule has 1 amide bonds. The maximum atomic E-state index is 11.7. The molecule has 0 atom stereocenters. The van der Waals surface area contributed by atoms with Crippen molar-refractivity contribution in [1.82, 2.24) is 4.90 Å². The van der Waals surface area contributed by atoms with E-state index in [1.165, 1.54) is 4.90 Å². The molecule has 0 heterocycles. The molecule has 5 nitrogen and oxygen atoms in total. The van der Waals surface area contributed by atoms with Crippen molar-refractivity contribution in [2.45, 2.75) is 20.4 Å². The van der Waals surface area contributed by atoms with Gasteiger partial charge in [0.15, 0.2) is 0 Å². The molecule has 0 unspecified atom stereocenters. The Kier molecular flexibility index (Phi) is 5.36. The van der Waals surface area contributed by atoms with Crippen molar-refractivity contribution in [2.75, 3.05) is 13.7 Å². The summed E-state index contributed by atoms with van der Waals surface area (Å²) in [7, 11) is 1.68. The molecule has 5 heteroatoms. The number of carbonyl (C=O) groups is 1. The SMILES string of the molecule is CC(C)COC(=O)N(C)Cc1cccc(C(=N)N)c1. The summed E-state index contributed by atoms with van der Waals surface area (Å²) in [6.45, 7) is 4.82. The second-order valence-electron chi connectivity index (χ2n) is 4.94. The average Bonchev–Trinajstić information content (AvgIpc) is 2.36. The van der Waals surface area contributed by atoms with E-state index in [9.17, 15) is 4.79 Å². The summed E-state index contributed by atoms with van der Waals surface area (Å²) in [6, 6.07) is 7.27. The molecule has 0 spiro atoms. The highest BCUT2D eigenvalue weighted by Gasteiger charge is 2.11. The van der Waals surface area contributed by atoms with Crippen LogP contribution in [-0.2, 0) is 11.3 Å². The van der Waals surface area contributed by atoms with Gasteiger partial charge in [-0.3, -0.25) is 5.41 Å². The number of carbonyl (C=O) groups excluding carboxylic acids is 1. The van der Waals surface area contributed by atoms with Gasteiger partial charge in [-0.15, -0.1) is 0 Å². The van der Waals surface area contributed by atoms with E-state index in [1.807, 2.05) is 26.0 Å². The van der Waals surface area contributed by atoms with Gasteiger partial charge in [0.05, 0.1) is 6.61 Å². The number of rotatable bonds is 5. The van der Waals surface area contributed by atoms with Gasteiger partial charge < -0.3 is 15.4 Å². The maximum absolute atomic E-state index is 11.7. The van der Waals surface area contributed by atoms with Crippen LogP contribution in [0.4, 0.5) is 4.79 Å². The van der Waals surface area contributed by atoms with Gasteiger partial charge in [0.25, 0.3) is 0 Å². The Labute approximate surface area is 113 Å². The largest absolute Gasteiger partial charge is 0.449 e. The van der Waals surface area contributed by atoms with Crippen LogP contribution < -0.4 is 5.73 Å². The van der Waals surface area contributed by atoms with Crippen LogP contribution in [0, 0.1) is 11.3 Å². The topological polar surface area (TPSA) is 79.4 Å². The standard InChI is InChI=1S/C14H21N3O2/c1-10(2)9-19-14(18)17(3)8-11-5-4-6-12(7-11)13(15)16/h4-7,10H,8-9H2,1-3H3,(H3,15,16). The number of nitrogens with zero attached hydrogens (tertiary/aromatic N) is 1. The lowest BCUT2D eigenvalue weighted by molar-refractivity contribution is 0.0980. The fraction of sp³-hybridized carbons (Fsp3) is 0.429. The van der Waals surface area contributed by atoms with Crippen LogP contribution in [0.5, 0.6) is 0 Å². The highest BCUT2D eigenvalue weighted by Crippen LogP contribution is 2.08. The van der Waals surface area contributed by atoms with E-state index in [-0.39, 0.29) is 11.9 Å². The molecule has 0 fully saturated rings. The Balaban J connectivity index is 2.61. The molecule has 0 aromatic heterocycles. The summed E-state index contributed by atoms with van der Waals surface area (Å²) in [5, 5.41) is 7.38. The van der Waals surface area contributed by atoms with Crippen molar-refractivity contribution in [1.29, 1.82) is 5.41 Å². The van der Waals surface area contributed by atoms with Crippen molar-refractivity contribution in [3.63, 3.8) is 0 Å². The van der Waals surface area contributed by atoms with Gasteiger partial charge in [-0.1, -0.05) is 32.0 Å². The predicted octanol–water partition coefficient (Wildman–Crippen LogP) is 2.20. The predicted molar refractivity (Wildman–Crippen MR) is 75.1 cm³/mol. The van der Waals surface area contributed by atoms with Crippen molar-refractivity contribution in [2.24, 2.45) is 11.7 Å².